The van der Waals surface area contributed by atoms with Gasteiger partial charge in [-0.05, 0) is 51.0 Å². The maximum absolute atomic E-state index is 13.4. The Morgan fingerprint density at radius 3 is 2.49 bits per heavy atom. The molecule has 1 amide bonds. The Hall–Kier alpha value is -2.73. The molecule has 4 rings (SSSR count). The van der Waals surface area contributed by atoms with Gasteiger partial charge in [-0.3, -0.25) is 4.79 Å². The van der Waals surface area contributed by atoms with Crippen molar-refractivity contribution in [3.8, 4) is 11.5 Å². The van der Waals surface area contributed by atoms with E-state index in [-0.39, 0.29) is 17.3 Å². The molecule has 3 aromatic rings. The largest absolute Gasteiger partial charge is 0.495 e. The number of nitrogens with zero attached hydrogens (tertiary/aromatic N) is 3. The number of benzene rings is 2. The minimum atomic E-state index is -3.69. The Morgan fingerprint density at radius 1 is 1.11 bits per heavy atom. The van der Waals surface area contributed by atoms with Crippen LogP contribution in [0.4, 0.5) is 0 Å². The molecule has 1 aromatic heterocycles. The van der Waals surface area contributed by atoms with Gasteiger partial charge in [-0.2, -0.15) is 9.30 Å². The van der Waals surface area contributed by atoms with Crippen molar-refractivity contribution in [3.63, 3.8) is 0 Å². The zero-order valence-electron chi connectivity index (χ0n) is 21.6. The van der Waals surface area contributed by atoms with E-state index < -0.39 is 15.9 Å². The number of carbonyl (C=O) groups is 1. The number of thiazole rings is 1. The first-order valence-electron chi connectivity index (χ1n) is 12.3. The second kappa shape index (κ2) is 11.8. The highest BCUT2D eigenvalue weighted by atomic mass is 32.2. The molecule has 1 atom stereocenters. The van der Waals surface area contributed by atoms with Gasteiger partial charge in [-0.15, -0.1) is 0 Å². The molecule has 0 N–H and O–H groups in total. The second-order valence-electron chi connectivity index (χ2n) is 8.85. The normalized spacial score (nSPS) is 17.3. The molecule has 1 fully saturated rings. The average molecular weight is 548 g/mol. The van der Waals surface area contributed by atoms with E-state index in [0.29, 0.717) is 55.4 Å². The predicted molar refractivity (Wildman–Crippen MR) is 143 cm³/mol. The lowest BCUT2D eigenvalue weighted by Crippen LogP contribution is -2.42. The van der Waals surface area contributed by atoms with E-state index in [0.717, 1.165) is 15.8 Å². The smallest absolute Gasteiger partial charge is 0.252 e. The van der Waals surface area contributed by atoms with Crippen LogP contribution in [0, 0.1) is 12.8 Å². The highest BCUT2D eigenvalue weighted by Crippen LogP contribution is 2.35. The third-order valence-corrected chi connectivity index (χ3v) is 9.43. The van der Waals surface area contributed by atoms with Crippen molar-refractivity contribution in [3.05, 3.63) is 46.8 Å². The number of amides is 1. The predicted octanol–water partition coefficient (Wildman–Crippen LogP) is 3.59. The van der Waals surface area contributed by atoms with Crippen LogP contribution in [-0.2, 0) is 26.1 Å². The summed E-state index contributed by atoms with van der Waals surface area (Å²) in [4.78, 5) is 18.6. The summed E-state index contributed by atoms with van der Waals surface area (Å²) in [6.45, 7) is 5.81. The number of ether oxygens (including phenoxy) is 3. The number of hydrogen-bond donors (Lipinski definition) is 0. The number of rotatable bonds is 9. The maximum Gasteiger partial charge on any atom is 0.252 e. The van der Waals surface area contributed by atoms with Gasteiger partial charge >= 0.3 is 0 Å². The Bertz CT molecular complexity index is 1430. The number of hydrogen-bond acceptors (Lipinski definition) is 7. The van der Waals surface area contributed by atoms with Gasteiger partial charge in [0.2, 0.25) is 10.0 Å². The minimum Gasteiger partial charge on any atom is -0.495 e. The molecule has 200 valence electrons. The van der Waals surface area contributed by atoms with Gasteiger partial charge in [0.15, 0.2) is 4.80 Å². The molecule has 0 aliphatic carbocycles. The Labute approximate surface area is 221 Å². The lowest BCUT2D eigenvalue weighted by molar-refractivity contribution is -0.122. The van der Waals surface area contributed by atoms with Crippen LogP contribution in [-0.4, -0.2) is 63.7 Å². The summed E-state index contributed by atoms with van der Waals surface area (Å²) < 4.78 is 47.3. The molecule has 2 aromatic carbocycles. The van der Waals surface area contributed by atoms with Crippen LogP contribution in [0.1, 0.15) is 25.3 Å². The van der Waals surface area contributed by atoms with Crippen LogP contribution in [0.25, 0.3) is 10.2 Å². The van der Waals surface area contributed by atoms with Gasteiger partial charge in [-0.1, -0.05) is 29.0 Å². The first-order valence-corrected chi connectivity index (χ1v) is 14.5. The molecule has 0 spiro atoms. The molecule has 11 heteroatoms. The third-order valence-electron chi connectivity index (χ3n) is 6.45. The molecule has 2 heterocycles. The molecule has 1 aliphatic heterocycles. The quantitative estimate of drug-likeness (QED) is 0.380. The molecule has 0 radical (unpaired) electrons. The van der Waals surface area contributed by atoms with Crippen LogP contribution in [0.5, 0.6) is 11.5 Å². The molecular weight excluding hydrogens is 514 g/mol. The van der Waals surface area contributed by atoms with Crippen molar-refractivity contribution in [1.82, 2.24) is 8.87 Å². The number of fused-ring (bicyclic) bond motifs is 1. The minimum absolute atomic E-state index is 0.106. The van der Waals surface area contributed by atoms with Gasteiger partial charge in [-0.25, -0.2) is 8.42 Å². The lowest BCUT2D eigenvalue weighted by atomic mass is 9.99. The number of sulfonamides is 1. The van der Waals surface area contributed by atoms with Crippen LogP contribution in [0.3, 0.4) is 0 Å². The van der Waals surface area contributed by atoms with E-state index >= 15 is 0 Å². The van der Waals surface area contributed by atoms with Crippen molar-refractivity contribution in [2.24, 2.45) is 10.9 Å². The summed E-state index contributed by atoms with van der Waals surface area (Å²) in [7, 11) is -0.501. The Morgan fingerprint density at radius 2 is 1.81 bits per heavy atom. The summed E-state index contributed by atoms with van der Waals surface area (Å²) in [5.41, 5.74) is 1.77. The number of piperidine rings is 1. The fraction of sp³-hybridized carbons (Fsp3) is 0.462. The SMILES string of the molecule is CCOCCn1c(=NC(=O)C2CCCN(S(=O)(=O)c3ccc(C)cc3)C2)sc2c(OC)ccc(OC)c21. The third kappa shape index (κ3) is 5.74. The molecule has 37 heavy (non-hydrogen) atoms. The summed E-state index contributed by atoms with van der Waals surface area (Å²) in [5.74, 6) is 0.445. The first-order chi connectivity index (χ1) is 17.8. The number of aromatic nitrogens is 1. The summed E-state index contributed by atoms with van der Waals surface area (Å²) >= 11 is 1.34. The highest BCUT2D eigenvalue weighted by molar-refractivity contribution is 7.89. The zero-order valence-corrected chi connectivity index (χ0v) is 23.2. The summed E-state index contributed by atoms with van der Waals surface area (Å²) in [6.07, 6.45) is 1.17. The molecule has 0 bridgehead atoms. The van der Waals surface area contributed by atoms with Gasteiger partial charge in [0, 0.05) is 26.2 Å². The van der Waals surface area contributed by atoms with E-state index in [1.165, 1.54) is 15.6 Å². The average Bonchev–Trinajstić information content (AvgIpc) is 3.26. The van der Waals surface area contributed by atoms with Crippen LogP contribution in [0.15, 0.2) is 46.3 Å². The number of aryl methyl sites for hydroxylation is 1. The van der Waals surface area contributed by atoms with E-state index in [4.69, 9.17) is 14.2 Å². The van der Waals surface area contributed by atoms with E-state index in [1.54, 1.807) is 38.5 Å². The van der Waals surface area contributed by atoms with Crippen molar-refractivity contribution in [1.29, 1.82) is 0 Å². The number of carbonyl (C=O) groups excluding carboxylic acids is 1. The van der Waals surface area contributed by atoms with Crippen LogP contribution < -0.4 is 14.3 Å². The molecule has 1 saturated heterocycles. The zero-order chi connectivity index (χ0) is 26.6. The summed E-state index contributed by atoms with van der Waals surface area (Å²) in [6, 6.07) is 10.4. The number of methoxy groups -OCH3 is 2. The monoisotopic (exact) mass is 547 g/mol. The van der Waals surface area contributed by atoms with E-state index in [2.05, 4.69) is 4.99 Å². The van der Waals surface area contributed by atoms with Crippen molar-refractivity contribution < 1.29 is 27.4 Å². The second-order valence-corrected chi connectivity index (χ2v) is 11.8. The Kier molecular flexibility index (Phi) is 8.68. The van der Waals surface area contributed by atoms with Crippen molar-refractivity contribution in [2.45, 2.75) is 38.1 Å². The fourth-order valence-corrected chi connectivity index (χ4v) is 7.15. The van der Waals surface area contributed by atoms with Crippen molar-refractivity contribution in [2.75, 3.05) is 40.5 Å². The summed E-state index contributed by atoms with van der Waals surface area (Å²) in [5, 5.41) is 0. The topological polar surface area (TPSA) is 99.4 Å². The lowest BCUT2D eigenvalue weighted by Gasteiger charge is -2.30. The fourth-order valence-electron chi connectivity index (χ4n) is 4.45. The highest BCUT2D eigenvalue weighted by Gasteiger charge is 2.33. The first kappa shape index (κ1) is 27.3. The molecule has 9 nitrogen and oxygen atoms in total. The maximum atomic E-state index is 13.4. The van der Waals surface area contributed by atoms with Crippen LogP contribution in [0.2, 0.25) is 0 Å². The van der Waals surface area contributed by atoms with Gasteiger partial charge < -0.3 is 18.8 Å². The van der Waals surface area contributed by atoms with Gasteiger partial charge in [0.25, 0.3) is 5.91 Å². The molecule has 1 aliphatic rings. The van der Waals surface area contributed by atoms with Gasteiger partial charge in [0.05, 0.1) is 31.6 Å². The van der Waals surface area contributed by atoms with E-state index in [1.807, 2.05) is 30.5 Å². The van der Waals surface area contributed by atoms with Gasteiger partial charge in [0.1, 0.15) is 21.7 Å². The standard InChI is InChI=1S/C26H33N3O6S2/c1-5-35-16-15-29-23-21(33-3)12-13-22(34-4)24(23)36-26(29)27-25(30)19-7-6-14-28(17-19)37(31,32)20-10-8-18(2)9-11-20/h8-13,19H,5-7,14-17H2,1-4H3. The van der Waals surface area contributed by atoms with Crippen LogP contribution >= 0.6 is 11.3 Å². The molecular formula is C26H33N3O6S2. The van der Waals surface area contributed by atoms with E-state index in [9.17, 15) is 13.2 Å². The molecule has 1 unspecified atom stereocenters. The van der Waals surface area contributed by atoms with Crippen molar-refractivity contribution >= 4 is 37.5 Å². The molecule has 0 saturated carbocycles. The Balaban J connectivity index is 1.68.